The third-order valence-electron chi connectivity index (χ3n) is 3.51. The van der Waals surface area contributed by atoms with E-state index in [1.807, 2.05) is 31.2 Å². The first-order valence-corrected chi connectivity index (χ1v) is 6.32. The van der Waals surface area contributed by atoms with Crippen LogP contribution in [0.4, 0.5) is 0 Å². The molecule has 4 heteroatoms. The van der Waals surface area contributed by atoms with Gasteiger partial charge in [0.25, 0.3) is 0 Å². The van der Waals surface area contributed by atoms with Crippen molar-refractivity contribution in [2.45, 2.75) is 20.5 Å². The van der Waals surface area contributed by atoms with Crippen LogP contribution in [0.15, 0.2) is 30.3 Å². The largest absolute Gasteiger partial charge is 0.487 e. The van der Waals surface area contributed by atoms with Gasteiger partial charge in [-0.3, -0.25) is 4.40 Å². The van der Waals surface area contributed by atoms with Gasteiger partial charge in [-0.1, -0.05) is 12.1 Å². The zero-order valence-electron chi connectivity index (χ0n) is 10.8. The average molecular weight is 251 g/mol. The molecule has 0 saturated carbocycles. The van der Waals surface area contributed by atoms with E-state index < -0.39 is 0 Å². The number of benzene rings is 1. The molecule has 0 N–H and O–H groups in total. The van der Waals surface area contributed by atoms with Crippen molar-refractivity contribution in [1.82, 2.24) is 14.4 Å². The van der Waals surface area contributed by atoms with Crippen LogP contribution in [0.2, 0.25) is 0 Å². The lowest BCUT2D eigenvalue weighted by atomic mass is 10.1. The molecule has 1 aliphatic rings. The average Bonchev–Trinajstić information content (AvgIpc) is 2.77. The topological polar surface area (TPSA) is 39.4 Å². The van der Waals surface area contributed by atoms with Crippen molar-refractivity contribution in [3.05, 3.63) is 47.4 Å². The van der Waals surface area contributed by atoms with Crippen molar-refractivity contribution in [1.29, 1.82) is 0 Å². The molecule has 3 aromatic rings. The van der Waals surface area contributed by atoms with Gasteiger partial charge in [0.2, 0.25) is 5.78 Å². The fraction of sp³-hybridized carbons (Fsp3) is 0.200. The van der Waals surface area contributed by atoms with E-state index >= 15 is 0 Å². The van der Waals surface area contributed by atoms with Gasteiger partial charge >= 0.3 is 0 Å². The summed E-state index contributed by atoms with van der Waals surface area (Å²) < 4.78 is 7.89. The molecular weight excluding hydrogens is 238 g/mol. The zero-order chi connectivity index (χ0) is 13.0. The number of fused-ring (bicyclic) bond motifs is 5. The maximum absolute atomic E-state index is 5.81. The third kappa shape index (κ3) is 1.40. The summed E-state index contributed by atoms with van der Waals surface area (Å²) in [5, 5.41) is 0. The summed E-state index contributed by atoms with van der Waals surface area (Å²) in [4.78, 5) is 9.20. The molecule has 0 aliphatic carbocycles. The van der Waals surface area contributed by atoms with Crippen molar-refractivity contribution in [2.24, 2.45) is 0 Å². The first-order chi connectivity index (χ1) is 9.24. The minimum absolute atomic E-state index is 0.541. The van der Waals surface area contributed by atoms with E-state index in [1.54, 1.807) is 0 Å². The Labute approximate surface area is 110 Å². The second-order valence-corrected chi connectivity index (χ2v) is 4.87. The molecule has 0 unspecified atom stereocenters. The van der Waals surface area contributed by atoms with Crippen molar-refractivity contribution in [3.8, 4) is 17.0 Å². The van der Waals surface area contributed by atoms with E-state index in [-0.39, 0.29) is 0 Å². The lowest BCUT2D eigenvalue weighted by Crippen LogP contribution is -2.08. The maximum Gasteiger partial charge on any atom is 0.235 e. The van der Waals surface area contributed by atoms with Crippen molar-refractivity contribution < 1.29 is 4.74 Å². The summed E-state index contributed by atoms with van der Waals surface area (Å²) in [7, 11) is 0. The molecule has 4 rings (SSSR count). The van der Waals surface area contributed by atoms with Gasteiger partial charge in [-0.25, -0.2) is 9.97 Å². The Morgan fingerprint density at radius 2 is 2.00 bits per heavy atom. The number of nitrogens with zero attached hydrogens (tertiary/aromatic N) is 3. The number of hydrogen-bond acceptors (Lipinski definition) is 3. The molecule has 0 radical (unpaired) electrons. The molecule has 0 atom stereocenters. The quantitative estimate of drug-likeness (QED) is 0.616. The summed E-state index contributed by atoms with van der Waals surface area (Å²) in [6, 6.07) is 10.1. The van der Waals surface area contributed by atoms with Gasteiger partial charge in [0, 0.05) is 17.0 Å². The standard InChI is InChI=1S/C15H13N3O/c1-9-7-10(2)18-12-8-19-13-6-4-3-5-11(13)14(12)17-15(18)16-9/h3-7H,8H2,1-2H3. The van der Waals surface area contributed by atoms with Gasteiger partial charge in [-0.15, -0.1) is 0 Å². The summed E-state index contributed by atoms with van der Waals surface area (Å²) in [5.74, 6) is 1.65. The van der Waals surface area contributed by atoms with E-state index in [4.69, 9.17) is 4.74 Å². The monoisotopic (exact) mass is 251 g/mol. The Kier molecular flexibility index (Phi) is 1.98. The fourth-order valence-corrected chi connectivity index (χ4v) is 2.73. The number of imidazole rings is 1. The molecule has 0 amide bonds. The second kappa shape index (κ2) is 3.57. The van der Waals surface area contributed by atoms with E-state index in [2.05, 4.69) is 27.4 Å². The lowest BCUT2D eigenvalue weighted by Gasteiger charge is -2.17. The number of ether oxygens (including phenoxy) is 1. The Morgan fingerprint density at radius 1 is 1.16 bits per heavy atom. The molecule has 4 nitrogen and oxygen atoms in total. The molecule has 0 bridgehead atoms. The van der Waals surface area contributed by atoms with Gasteiger partial charge in [-0.05, 0) is 32.0 Å². The first-order valence-electron chi connectivity index (χ1n) is 6.32. The van der Waals surface area contributed by atoms with Gasteiger partial charge in [0.15, 0.2) is 0 Å². The SMILES string of the molecule is Cc1cc(C)n2c3c(nc2n1)-c1ccccc1OC3. The van der Waals surface area contributed by atoms with Crippen LogP contribution in [-0.4, -0.2) is 14.4 Å². The van der Waals surface area contributed by atoms with Crippen LogP contribution in [0.1, 0.15) is 17.1 Å². The summed E-state index contributed by atoms with van der Waals surface area (Å²) in [5.41, 5.74) is 5.24. The molecule has 2 aromatic heterocycles. The molecule has 0 saturated heterocycles. The maximum atomic E-state index is 5.81. The van der Waals surface area contributed by atoms with Crippen LogP contribution < -0.4 is 4.74 Å². The number of aryl methyl sites for hydroxylation is 2. The minimum atomic E-state index is 0.541. The highest BCUT2D eigenvalue weighted by Crippen LogP contribution is 2.37. The van der Waals surface area contributed by atoms with Gasteiger partial charge in [0.1, 0.15) is 18.1 Å². The summed E-state index contributed by atoms with van der Waals surface area (Å²) >= 11 is 0. The predicted octanol–water partition coefficient (Wildman–Crippen LogP) is 2.91. The molecule has 19 heavy (non-hydrogen) atoms. The van der Waals surface area contributed by atoms with Gasteiger partial charge < -0.3 is 4.74 Å². The highest BCUT2D eigenvalue weighted by Gasteiger charge is 2.23. The molecule has 1 aromatic carbocycles. The molecule has 94 valence electrons. The highest BCUT2D eigenvalue weighted by atomic mass is 16.5. The predicted molar refractivity (Wildman–Crippen MR) is 72.2 cm³/mol. The first kappa shape index (κ1) is 10.6. The number of rotatable bonds is 0. The van der Waals surface area contributed by atoms with Gasteiger partial charge in [-0.2, -0.15) is 0 Å². The Bertz CT molecular complexity index is 805. The number of hydrogen-bond donors (Lipinski definition) is 0. The smallest absolute Gasteiger partial charge is 0.235 e. The van der Waals surface area contributed by atoms with Gasteiger partial charge in [0.05, 0.1) is 5.69 Å². The van der Waals surface area contributed by atoms with Crippen LogP contribution in [0.3, 0.4) is 0 Å². The lowest BCUT2D eigenvalue weighted by molar-refractivity contribution is 0.295. The number of aromatic nitrogens is 3. The Balaban J connectivity index is 2.11. The van der Waals surface area contributed by atoms with Crippen LogP contribution in [0, 0.1) is 13.8 Å². The van der Waals surface area contributed by atoms with E-state index in [9.17, 15) is 0 Å². The molecule has 0 spiro atoms. The molecule has 0 fully saturated rings. The van der Waals surface area contributed by atoms with Crippen molar-refractivity contribution in [3.63, 3.8) is 0 Å². The van der Waals surface area contributed by atoms with E-state index in [1.165, 1.54) is 0 Å². The van der Waals surface area contributed by atoms with Crippen LogP contribution in [0.25, 0.3) is 17.0 Å². The molecular formula is C15H13N3O. The number of para-hydroxylation sites is 1. The van der Waals surface area contributed by atoms with E-state index in [0.717, 1.165) is 39.9 Å². The Hall–Kier alpha value is -2.36. The highest BCUT2D eigenvalue weighted by molar-refractivity contribution is 5.73. The minimum Gasteiger partial charge on any atom is -0.487 e. The molecule has 3 heterocycles. The van der Waals surface area contributed by atoms with Crippen molar-refractivity contribution >= 4 is 5.78 Å². The van der Waals surface area contributed by atoms with E-state index in [0.29, 0.717) is 6.61 Å². The van der Waals surface area contributed by atoms with Crippen molar-refractivity contribution in [2.75, 3.05) is 0 Å². The second-order valence-electron chi connectivity index (χ2n) is 4.87. The van der Waals surface area contributed by atoms with Crippen LogP contribution in [0.5, 0.6) is 5.75 Å². The fourth-order valence-electron chi connectivity index (χ4n) is 2.73. The zero-order valence-corrected chi connectivity index (χ0v) is 10.8. The van der Waals surface area contributed by atoms with Crippen LogP contribution >= 0.6 is 0 Å². The summed E-state index contributed by atoms with van der Waals surface area (Å²) in [6.07, 6.45) is 0. The Morgan fingerprint density at radius 3 is 2.89 bits per heavy atom. The summed E-state index contributed by atoms with van der Waals surface area (Å²) in [6.45, 7) is 4.61. The third-order valence-corrected chi connectivity index (χ3v) is 3.51. The molecule has 1 aliphatic heterocycles. The van der Waals surface area contributed by atoms with Crippen LogP contribution in [-0.2, 0) is 6.61 Å². The normalized spacial score (nSPS) is 12.9.